The molecule has 172 valence electrons. The van der Waals surface area contributed by atoms with Crippen LogP contribution in [0, 0.1) is 39.0 Å². The SMILES string of the molecule is Cc1cccc(-n2c(C)nnc2SCC(=O)Nc2c(C#N)c(C)c(C)n2Cc2ccccc2)c1. The van der Waals surface area contributed by atoms with E-state index in [0.717, 1.165) is 33.9 Å². The first kappa shape index (κ1) is 23.3. The lowest BCUT2D eigenvalue weighted by Gasteiger charge is -2.13. The summed E-state index contributed by atoms with van der Waals surface area (Å²) in [5.41, 5.74) is 5.50. The molecule has 0 saturated heterocycles. The molecule has 1 amide bonds. The van der Waals surface area contributed by atoms with E-state index in [1.54, 1.807) is 0 Å². The Labute approximate surface area is 203 Å². The van der Waals surface area contributed by atoms with Gasteiger partial charge in [-0.3, -0.25) is 9.36 Å². The molecule has 0 radical (unpaired) electrons. The number of nitriles is 1. The largest absolute Gasteiger partial charge is 0.326 e. The van der Waals surface area contributed by atoms with Gasteiger partial charge in [0.15, 0.2) is 5.16 Å². The predicted molar refractivity (Wildman–Crippen MR) is 134 cm³/mol. The van der Waals surface area contributed by atoms with Crippen molar-refractivity contribution in [3.63, 3.8) is 0 Å². The normalized spacial score (nSPS) is 10.8. The molecule has 0 atom stereocenters. The highest BCUT2D eigenvalue weighted by Crippen LogP contribution is 2.28. The lowest BCUT2D eigenvalue weighted by atomic mass is 10.2. The second-order valence-electron chi connectivity index (χ2n) is 8.16. The fraction of sp³-hybridized carbons (Fsp3) is 0.231. The number of carbonyl (C=O) groups excluding carboxylic acids is 1. The van der Waals surface area contributed by atoms with Crippen LogP contribution in [0.15, 0.2) is 59.8 Å². The van der Waals surface area contributed by atoms with E-state index in [4.69, 9.17) is 0 Å². The smallest absolute Gasteiger partial charge is 0.235 e. The summed E-state index contributed by atoms with van der Waals surface area (Å²) in [4.78, 5) is 13.0. The first-order valence-corrected chi connectivity index (χ1v) is 11.9. The van der Waals surface area contributed by atoms with Crippen LogP contribution in [0.5, 0.6) is 0 Å². The number of hydrogen-bond donors (Lipinski definition) is 1. The van der Waals surface area contributed by atoms with Gasteiger partial charge in [-0.2, -0.15) is 5.26 Å². The van der Waals surface area contributed by atoms with E-state index < -0.39 is 0 Å². The van der Waals surface area contributed by atoms with Gasteiger partial charge in [-0.15, -0.1) is 10.2 Å². The maximum absolute atomic E-state index is 13.0. The van der Waals surface area contributed by atoms with Gasteiger partial charge in [-0.05, 0) is 56.5 Å². The molecule has 4 rings (SSSR count). The van der Waals surface area contributed by atoms with Crippen LogP contribution in [0.4, 0.5) is 5.82 Å². The molecular formula is C26H26N6OS. The van der Waals surface area contributed by atoms with Gasteiger partial charge in [-0.25, -0.2) is 0 Å². The van der Waals surface area contributed by atoms with Crippen molar-refractivity contribution >= 4 is 23.5 Å². The number of rotatable bonds is 7. The minimum Gasteiger partial charge on any atom is -0.326 e. The van der Waals surface area contributed by atoms with E-state index >= 15 is 0 Å². The van der Waals surface area contributed by atoms with Gasteiger partial charge in [0.25, 0.3) is 0 Å². The summed E-state index contributed by atoms with van der Waals surface area (Å²) in [5.74, 6) is 1.22. The number of thioether (sulfide) groups is 1. The van der Waals surface area contributed by atoms with Crippen molar-refractivity contribution in [2.75, 3.05) is 11.1 Å². The Morgan fingerprint density at radius 2 is 1.82 bits per heavy atom. The maximum atomic E-state index is 13.0. The number of nitrogens with zero attached hydrogens (tertiary/aromatic N) is 5. The van der Waals surface area contributed by atoms with E-state index in [2.05, 4.69) is 27.6 Å². The fourth-order valence-electron chi connectivity index (χ4n) is 3.89. The summed E-state index contributed by atoms with van der Waals surface area (Å²) in [5, 5.41) is 21.9. The third kappa shape index (κ3) is 4.75. The van der Waals surface area contributed by atoms with Crippen molar-refractivity contribution in [2.45, 2.75) is 39.4 Å². The monoisotopic (exact) mass is 470 g/mol. The topological polar surface area (TPSA) is 88.5 Å². The van der Waals surface area contributed by atoms with E-state index in [1.807, 2.05) is 85.4 Å². The van der Waals surface area contributed by atoms with Gasteiger partial charge >= 0.3 is 0 Å². The number of benzene rings is 2. The second-order valence-corrected chi connectivity index (χ2v) is 9.10. The van der Waals surface area contributed by atoms with Gasteiger partial charge in [0.2, 0.25) is 5.91 Å². The zero-order valence-corrected chi connectivity index (χ0v) is 20.5. The van der Waals surface area contributed by atoms with E-state index in [1.165, 1.54) is 11.8 Å². The number of amides is 1. The van der Waals surface area contributed by atoms with Crippen molar-refractivity contribution < 1.29 is 4.79 Å². The quantitative estimate of drug-likeness (QED) is 0.386. The Kier molecular flexibility index (Phi) is 6.85. The Morgan fingerprint density at radius 3 is 2.53 bits per heavy atom. The molecule has 34 heavy (non-hydrogen) atoms. The number of nitrogens with one attached hydrogen (secondary N) is 1. The molecule has 0 aliphatic heterocycles. The predicted octanol–water partition coefficient (Wildman–Crippen LogP) is 4.95. The average molecular weight is 471 g/mol. The minimum atomic E-state index is -0.204. The van der Waals surface area contributed by atoms with Gasteiger partial charge in [0.05, 0.1) is 11.3 Å². The van der Waals surface area contributed by atoms with E-state index in [9.17, 15) is 10.1 Å². The third-order valence-corrected chi connectivity index (χ3v) is 6.70. The van der Waals surface area contributed by atoms with Crippen molar-refractivity contribution in [2.24, 2.45) is 0 Å². The van der Waals surface area contributed by atoms with Gasteiger partial charge in [0, 0.05) is 17.9 Å². The molecule has 0 bridgehead atoms. The summed E-state index contributed by atoms with van der Waals surface area (Å²) < 4.78 is 3.93. The number of hydrogen-bond acceptors (Lipinski definition) is 5. The summed E-state index contributed by atoms with van der Waals surface area (Å²) >= 11 is 1.32. The van der Waals surface area contributed by atoms with E-state index in [0.29, 0.717) is 23.1 Å². The zero-order chi connectivity index (χ0) is 24.2. The van der Waals surface area contributed by atoms with Gasteiger partial charge in [0.1, 0.15) is 17.7 Å². The van der Waals surface area contributed by atoms with Crippen LogP contribution in [0.2, 0.25) is 0 Å². The Bertz CT molecular complexity index is 1380. The summed E-state index contributed by atoms with van der Waals surface area (Å²) in [6.07, 6.45) is 0. The molecule has 0 spiro atoms. The highest BCUT2D eigenvalue weighted by molar-refractivity contribution is 7.99. The third-order valence-electron chi connectivity index (χ3n) is 5.77. The van der Waals surface area contributed by atoms with Crippen LogP contribution in [-0.2, 0) is 11.3 Å². The molecule has 2 aromatic carbocycles. The highest BCUT2D eigenvalue weighted by atomic mass is 32.2. The van der Waals surface area contributed by atoms with Crippen LogP contribution in [-0.4, -0.2) is 31.0 Å². The van der Waals surface area contributed by atoms with Crippen molar-refractivity contribution in [1.29, 1.82) is 5.26 Å². The molecule has 1 N–H and O–H groups in total. The Hall–Kier alpha value is -3.83. The second kappa shape index (κ2) is 9.98. The fourth-order valence-corrected chi connectivity index (χ4v) is 4.69. The highest BCUT2D eigenvalue weighted by Gasteiger charge is 2.21. The lowest BCUT2D eigenvalue weighted by Crippen LogP contribution is -2.19. The number of aryl methyl sites for hydroxylation is 2. The summed E-state index contributed by atoms with van der Waals surface area (Å²) in [7, 11) is 0. The first-order chi connectivity index (χ1) is 16.4. The Balaban J connectivity index is 1.55. The average Bonchev–Trinajstić information content (AvgIpc) is 3.30. The number of anilines is 1. The molecule has 4 aromatic rings. The zero-order valence-electron chi connectivity index (χ0n) is 19.7. The Morgan fingerprint density at radius 1 is 1.06 bits per heavy atom. The van der Waals surface area contributed by atoms with Crippen LogP contribution in [0.25, 0.3) is 5.69 Å². The van der Waals surface area contributed by atoms with Crippen LogP contribution < -0.4 is 5.32 Å². The minimum absolute atomic E-state index is 0.142. The summed E-state index contributed by atoms with van der Waals surface area (Å²) in [6.45, 7) is 8.37. The molecule has 0 saturated carbocycles. The first-order valence-electron chi connectivity index (χ1n) is 10.9. The van der Waals surface area contributed by atoms with Crippen LogP contribution in [0.3, 0.4) is 0 Å². The molecule has 0 unspecified atom stereocenters. The summed E-state index contributed by atoms with van der Waals surface area (Å²) in [6, 6.07) is 20.3. The maximum Gasteiger partial charge on any atom is 0.235 e. The molecular weight excluding hydrogens is 444 g/mol. The standard InChI is InChI=1S/C26H26N6OS/c1-17-9-8-12-22(13-17)32-20(4)29-30-26(32)34-16-24(33)28-25-23(14-27)18(2)19(3)31(25)15-21-10-6-5-7-11-21/h5-13H,15-16H2,1-4H3,(H,28,33). The van der Waals surface area contributed by atoms with Gasteiger partial charge in [-0.1, -0.05) is 54.2 Å². The van der Waals surface area contributed by atoms with Crippen molar-refractivity contribution in [3.8, 4) is 11.8 Å². The van der Waals surface area contributed by atoms with E-state index in [-0.39, 0.29) is 11.7 Å². The molecule has 2 aromatic heterocycles. The molecule has 0 aliphatic carbocycles. The lowest BCUT2D eigenvalue weighted by molar-refractivity contribution is -0.113. The molecule has 7 nitrogen and oxygen atoms in total. The van der Waals surface area contributed by atoms with Crippen LogP contribution >= 0.6 is 11.8 Å². The number of carbonyl (C=O) groups is 1. The molecule has 8 heteroatoms. The molecule has 0 aliphatic rings. The van der Waals surface area contributed by atoms with Crippen molar-refractivity contribution in [1.82, 2.24) is 19.3 Å². The van der Waals surface area contributed by atoms with Crippen molar-refractivity contribution in [3.05, 3.63) is 88.4 Å². The number of aromatic nitrogens is 4. The molecule has 0 fully saturated rings. The molecule has 2 heterocycles. The van der Waals surface area contributed by atoms with Crippen LogP contribution in [0.1, 0.15) is 33.8 Å². The van der Waals surface area contributed by atoms with Gasteiger partial charge < -0.3 is 9.88 Å².